The molecule has 6 nitrogen and oxygen atoms in total. The summed E-state index contributed by atoms with van der Waals surface area (Å²) in [5, 5.41) is 10.1. The SMILES string of the molecule is CC(C)C(=O)NCC(=O)N1CCC[C@@H](c2[nH]ncc2-c2ccccc2)C1. The van der Waals surface area contributed by atoms with E-state index in [1.165, 1.54) is 0 Å². The number of H-pyrrole nitrogens is 1. The van der Waals surface area contributed by atoms with Crippen LogP contribution in [0.4, 0.5) is 0 Å². The minimum Gasteiger partial charge on any atom is -0.347 e. The molecule has 3 rings (SSSR count). The topological polar surface area (TPSA) is 78.1 Å². The predicted octanol–water partition coefficient (Wildman–Crippen LogP) is 2.55. The molecule has 1 fully saturated rings. The minimum atomic E-state index is -0.115. The van der Waals surface area contributed by atoms with E-state index in [9.17, 15) is 9.59 Å². The summed E-state index contributed by atoms with van der Waals surface area (Å²) in [4.78, 5) is 26.0. The van der Waals surface area contributed by atoms with Crippen molar-refractivity contribution in [3.05, 3.63) is 42.2 Å². The molecule has 2 heterocycles. The van der Waals surface area contributed by atoms with Gasteiger partial charge < -0.3 is 10.2 Å². The van der Waals surface area contributed by atoms with Gasteiger partial charge in [0.1, 0.15) is 0 Å². The predicted molar refractivity (Wildman–Crippen MR) is 100 cm³/mol. The van der Waals surface area contributed by atoms with Crippen LogP contribution < -0.4 is 5.32 Å². The molecule has 2 N–H and O–H groups in total. The van der Waals surface area contributed by atoms with Gasteiger partial charge in [-0.1, -0.05) is 44.2 Å². The van der Waals surface area contributed by atoms with E-state index < -0.39 is 0 Å². The van der Waals surface area contributed by atoms with E-state index in [0.717, 1.165) is 36.2 Å². The quantitative estimate of drug-likeness (QED) is 0.866. The molecule has 1 saturated heterocycles. The van der Waals surface area contributed by atoms with Crippen molar-refractivity contribution in [1.29, 1.82) is 0 Å². The summed E-state index contributed by atoms with van der Waals surface area (Å²) >= 11 is 0. The third-order valence-corrected chi connectivity index (χ3v) is 4.87. The number of likely N-dealkylation sites (tertiary alicyclic amines) is 1. The molecule has 1 aromatic carbocycles. The molecule has 0 bridgehead atoms. The molecule has 26 heavy (non-hydrogen) atoms. The molecule has 0 aliphatic carbocycles. The zero-order valence-corrected chi connectivity index (χ0v) is 15.4. The summed E-state index contributed by atoms with van der Waals surface area (Å²) in [6.45, 7) is 5.10. The van der Waals surface area contributed by atoms with Crippen LogP contribution in [0.15, 0.2) is 36.5 Å². The third kappa shape index (κ3) is 4.12. The first-order valence-electron chi connectivity index (χ1n) is 9.20. The lowest BCUT2D eigenvalue weighted by Gasteiger charge is -2.33. The molecule has 2 aromatic rings. The number of carbonyl (C=O) groups excluding carboxylic acids is 2. The molecule has 0 unspecified atom stereocenters. The average molecular weight is 354 g/mol. The van der Waals surface area contributed by atoms with Crippen LogP contribution in [0.5, 0.6) is 0 Å². The van der Waals surface area contributed by atoms with Gasteiger partial charge in [-0.15, -0.1) is 0 Å². The van der Waals surface area contributed by atoms with Crippen LogP contribution in [0, 0.1) is 5.92 Å². The first kappa shape index (κ1) is 18.2. The summed E-state index contributed by atoms with van der Waals surface area (Å²) in [7, 11) is 0. The number of amides is 2. The Balaban J connectivity index is 1.67. The monoisotopic (exact) mass is 354 g/mol. The van der Waals surface area contributed by atoms with E-state index >= 15 is 0 Å². The number of hydrogen-bond acceptors (Lipinski definition) is 3. The van der Waals surface area contributed by atoms with E-state index in [1.54, 1.807) is 0 Å². The van der Waals surface area contributed by atoms with Gasteiger partial charge in [0.05, 0.1) is 12.7 Å². The zero-order valence-electron chi connectivity index (χ0n) is 15.4. The molecule has 0 spiro atoms. The number of aromatic amines is 1. The molecule has 138 valence electrons. The summed E-state index contributed by atoms with van der Waals surface area (Å²) < 4.78 is 0. The van der Waals surface area contributed by atoms with Crippen LogP contribution in [0.2, 0.25) is 0 Å². The van der Waals surface area contributed by atoms with E-state index in [0.29, 0.717) is 6.54 Å². The number of benzene rings is 1. The van der Waals surface area contributed by atoms with E-state index in [2.05, 4.69) is 27.6 Å². The molecule has 1 aliphatic heterocycles. The van der Waals surface area contributed by atoms with Crippen molar-refractivity contribution in [3.8, 4) is 11.1 Å². The number of nitrogens with zero attached hydrogens (tertiary/aromatic N) is 2. The van der Waals surface area contributed by atoms with Crippen LogP contribution in [-0.4, -0.2) is 46.5 Å². The maximum absolute atomic E-state index is 12.5. The molecule has 0 radical (unpaired) electrons. The Morgan fingerprint density at radius 1 is 1.31 bits per heavy atom. The van der Waals surface area contributed by atoms with Crippen molar-refractivity contribution in [2.45, 2.75) is 32.6 Å². The van der Waals surface area contributed by atoms with Crippen LogP contribution in [0.25, 0.3) is 11.1 Å². The Labute approximate surface area is 154 Å². The fraction of sp³-hybridized carbons (Fsp3) is 0.450. The first-order chi connectivity index (χ1) is 12.6. The van der Waals surface area contributed by atoms with Gasteiger partial charge in [0.2, 0.25) is 11.8 Å². The number of piperidine rings is 1. The van der Waals surface area contributed by atoms with E-state index in [1.807, 2.05) is 43.1 Å². The Bertz CT molecular complexity index is 754. The Morgan fingerprint density at radius 2 is 2.08 bits per heavy atom. The van der Waals surface area contributed by atoms with Gasteiger partial charge in [0.25, 0.3) is 0 Å². The second-order valence-electron chi connectivity index (χ2n) is 7.11. The van der Waals surface area contributed by atoms with Crippen LogP contribution in [0.3, 0.4) is 0 Å². The summed E-state index contributed by atoms with van der Waals surface area (Å²) in [6, 6.07) is 10.2. The number of carbonyl (C=O) groups is 2. The van der Waals surface area contributed by atoms with E-state index in [-0.39, 0.29) is 30.2 Å². The molecule has 1 atom stereocenters. The molecule has 1 aromatic heterocycles. The second-order valence-corrected chi connectivity index (χ2v) is 7.11. The van der Waals surface area contributed by atoms with Crippen molar-refractivity contribution >= 4 is 11.8 Å². The smallest absolute Gasteiger partial charge is 0.241 e. The van der Waals surface area contributed by atoms with Gasteiger partial charge in [-0.2, -0.15) is 5.10 Å². The van der Waals surface area contributed by atoms with Gasteiger partial charge in [-0.25, -0.2) is 0 Å². The Hall–Kier alpha value is -2.63. The maximum Gasteiger partial charge on any atom is 0.241 e. The normalized spacial score (nSPS) is 17.3. The highest BCUT2D eigenvalue weighted by Crippen LogP contribution is 2.32. The Morgan fingerprint density at radius 3 is 2.81 bits per heavy atom. The van der Waals surface area contributed by atoms with Crippen molar-refractivity contribution < 1.29 is 9.59 Å². The fourth-order valence-electron chi connectivity index (χ4n) is 3.37. The average Bonchev–Trinajstić information content (AvgIpc) is 3.16. The number of hydrogen-bond donors (Lipinski definition) is 2. The summed E-state index contributed by atoms with van der Waals surface area (Å²) in [5.74, 6) is -0.00199. The fourth-order valence-corrected chi connectivity index (χ4v) is 3.37. The van der Waals surface area contributed by atoms with Gasteiger partial charge in [0.15, 0.2) is 0 Å². The number of nitrogens with one attached hydrogen (secondary N) is 2. The van der Waals surface area contributed by atoms with Crippen LogP contribution >= 0.6 is 0 Å². The largest absolute Gasteiger partial charge is 0.347 e. The highest BCUT2D eigenvalue weighted by Gasteiger charge is 2.27. The van der Waals surface area contributed by atoms with Crippen LogP contribution in [0.1, 0.15) is 38.3 Å². The third-order valence-electron chi connectivity index (χ3n) is 4.87. The first-order valence-corrected chi connectivity index (χ1v) is 9.20. The summed E-state index contributed by atoms with van der Waals surface area (Å²) in [5.41, 5.74) is 3.31. The van der Waals surface area contributed by atoms with Gasteiger partial charge in [-0.05, 0) is 18.4 Å². The standard InChI is InChI=1S/C20H26N4O2/c1-14(2)20(26)21-12-18(25)24-10-6-9-16(13-24)19-17(11-22-23-19)15-7-4-3-5-8-15/h3-5,7-8,11,14,16H,6,9-10,12-13H2,1-2H3,(H,21,26)(H,22,23)/t16-/m1/s1. The lowest BCUT2D eigenvalue weighted by Crippen LogP contribution is -2.45. The second kappa shape index (κ2) is 8.17. The van der Waals surface area contributed by atoms with Crippen molar-refractivity contribution in [2.24, 2.45) is 5.92 Å². The van der Waals surface area contributed by atoms with Crippen molar-refractivity contribution in [2.75, 3.05) is 19.6 Å². The molecular weight excluding hydrogens is 328 g/mol. The molecule has 6 heteroatoms. The highest BCUT2D eigenvalue weighted by molar-refractivity contribution is 5.85. The molecular formula is C20H26N4O2. The van der Waals surface area contributed by atoms with Crippen LogP contribution in [-0.2, 0) is 9.59 Å². The lowest BCUT2D eigenvalue weighted by molar-refractivity contribution is -0.134. The number of rotatable bonds is 5. The summed E-state index contributed by atoms with van der Waals surface area (Å²) in [6.07, 6.45) is 3.82. The molecule has 0 saturated carbocycles. The van der Waals surface area contributed by atoms with Gasteiger partial charge >= 0.3 is 0 Å². The highest BCUT2D eigenvalue weighted by atomic mass is 16.2. The maximum atomic E-state index is 12.5. The van der Waals surface area contributed by atoms with Crippen molar-refractivity contribution in [3.63, 3.8) is 0 Å². The van der Waals surface area contributed by atoms with E-state index in [4.69, 9.17) is 0 Å². The lowest BCUT2D eigenvalue weighted by atomic mass is 9.90. The molecule has 2 amide bonds. The van der Waals surface area contributed by atoms with Gasteiger partial charge in [0, 0.05) is 36.2 Å². The van der Waals surface area contributed by atoms with Crippen molar-refractivity contribution in [1.82, 2.24) is 20.4 Å². The van der Waals surface area contributed by atoms with Gasteiger partial charge in [-0.3, -0.25) is 14.7 Å². The Kier molecular flexibility index (Phi) is 5.71. The number of aromatic nitrogens is 2. The molecule has 1 aliphatic rings. The zero-order chi connectivity index (χ0) is 18.5. The minimum absolute atomic E-state index is 0.0236.